The van der Waals surface area contributed by atoms with Crippen LogP contribution in [0.5, 0.6) is 0 Å². The third-order valence-electron chi connectivity index (χ3n) is 5.75. The summed E-state index contributed by atoms with van der Waals surface area (Å²) in [6.45, 7) is 3.24. The second-order valence-electron chi connectivity index (χ2n) is 8.05. The smallest absolute Gasteiger partial charge is 0.357 e. The number of hydrogen-bond acceptors (Lipinski definition) is 7. The van der Waals surface area contributed by atoms with Gasteiger partial charge in [0.2, 0.25) is 5.95 Å². The molecular weight excluding hydrogens is 459 g/mol. The third-order valence-corrected chi connectivity index (χ3v) is 5.75. The minimum atomic E-state index is -4.64. The number of nitrogens with one attached hydrogen (secondary N) is 2. The first-order valence-electron chi connectivity index (χ1n) is 10.8. The van der Waals surface area contributed by atoms with E-state index in [-0.39, 0.29) is 5.56 Å². The maximum absolute atomic E-state index is 13.0. The van der Waals surface area contributed by atoms with E-state index in [0.29, 0.717) is 24.7 Å². The molecule has 0 saturated heterocycles. The van der Waals surface area contributed by atoms with Crippen molar-refractivity contribution in [1.82, 2.24) is 15.0 Å². The molecule has 0 radical (unpaired) electrons. The monoisotopic (exact) mass is 479 g/mol. The lowest BCUT2D eigenvalue weighted by Crippen LogP contribution is -2.32. The summed E-state index contributed by atoms with van der Waals surface area (Å²) < 4.78 is 39.0. The number of amides is 1. The fourth-order valence-electron chi connectivity index (χ4n) is 4.04. The minimum Gasteiger partial charge on any atom is -0.357 e. The minimum absolute atomic E-state index is 0.135. The molecule has 4 heterocycles. The molecule has 2 N–H and O–H groups in total. The molecule has 5 rings (SSSR count). The fraction of sp³-hybridized carbons (Fsp3) is 0.208. The Morgan fingerprint density at radius 1 is 1.14 bits per heavy atom. The Hall–Kier alpha value is -4.28. The summed E-state index contributed by atoms with van der Waals surface area (Å²) in [6, 6.07) is 7.31. The largest absolute Gasteiger partial charge is 0.433 e. The number of aliphatic imine (C=N–C) groups is 1. The lowest BCUT2D eigenvalue weighted by Gasteiger charge is -2.28. The Kier molecular flexibility index (Phi) is 5.46. The molecule has 8 nitrogen and oxygen atoms in total. The predicted octanol–water partition coefficient (Wildman–Crippen LogP) is 4.27. The molecule has 0 bridgehead atoms. The standard InChI is InChI=1S/C24H20F3N7O/c1-13-3-4-16(32-22(35)14-5-6-29-19(10-14)24(25,26)27)11-17(13)18-9-15-12-31-23(28-2)33-20(15)34-8-7-30-21(18)34/h3-6,9-12H,7-8H2,1-2H3,(H,32,35)(H,28,31,33). The van der Waals surface area contributed by atoms with Gasteiger partial charge in [0.15, 0.2) is 0 Å². The number of nitrogens with zero attached hydrogens (tertiary/aromatic N) is 5. The van der Waals surface area contributed by atoms with Gasteiger partial charge in [-0.2, -0.15) is 18.2 Å². The molecule has 1 aromatic carbocycles. The first-order valence-corrected chi connectivity index (χ1v) is 10.8. The number of carbonyl (C=O) groups is 1. The third kappa shape index (κ3) is 4.20. The average Bonchev–Trinajstić information content (AvgIpc) is 3.34. The molecular formula is C24H20F3N7O. The Balaban J connectivity index is 1.49. The SMILES string of the molecule is CNc1ncc2c(n1)N1CCN=C1C(c1cc(NC(=O)c3ccnc(C(F)(F)F)c3)ccc1C)=C2. The molecule has 0 atom stereocenters. The van der Waals surface area contributed by atoms with E-state index in [2.05, 4.69) is 30.6 Å². The van der Waals surface area contributed by atoms with E-state index in [4.69, 9.17) is 0 Å². The molecule has 1 amide bonds. The van der Waals surface area contributed by atoms with Crippen molar-refractivity contribution in [3.8, 4) is 0 Å². The van der Waals surface area contributed by atoms with E-state index in [1.807, 2.05) is 24.0 Å². The van der Waals surface area contributed by atoms with Crippen molar-refractivity contribution < 1.29 is 18.0 Å². The number of pyridine rings is 1. The van der Waals surface area contributed by atoms with E-state index in [9.17, 15) is 18.0 Å². The van der Waals surface area contributed by atoms with Crippen LogP contribution in [0.4, 0.5) is 30.6 Å². The molecule has 0 aliphatic carbocycles. The molecule has 178 valence electrons. The summed E-state index contributed by atoms with van der Waals surface area (Å²) in [5, 5.41) is 5.63. The zero-order valence-electron chi connectivity index (χ0n) is 18.8. The topological polar surface area (TPSA) is 95.4 Å². The lowest BCUT2D eigenvalue weighted by atomic mass is 9.94. The van der Waals surface area contributed by atoms with Crippen LogP contribution in [-0.2, 0) is 6.18 Å². The van der Waals surface area contributed by atoms with Crippen LogP contribution in [0, 0.1) is 6.92 Å². The first-order chi connectivity index (χ1) is 16.7. The maximum Gasteiger partial charge on any atom is 0.433 e. The molecule has 0 spiro atoms. The number of anilines is 3. The van der Waals surface area contributed by atoms with Gasteiger partial charge in [-0.1, -0.05) is 6.07 Å². The van der Waals surface area contributed by atoms with Crippen molar-refractivity contribution in [1.29, 1.82) is 0 Å². The van der Waals surface area contributed by atoms with Crippen LogP contribution in [0.1, 0.15) is 32.7 Å². The van der Waals surface area contributed by atoms with Crippen LogP contribution in [0.15, 0.2) is 47.7 Å². The highest BCUT2D eigenvalue weighted by Crippen LogP contribution is 2.37. The zero-order chi connectivity index (χ0) is 24.7. The van der Waals surface area contributed by atoms with Crippen LogP contribution >= 0.6 is 0 Å². The molecule has 0 fully saturated rings. The predicted molar refractivity (Wildman–Crippen MR) is 127 cm³/mol. The van der Waals surface area contributed by atoms with Crippen molar-refractivity contribution in [2.24, 2.45) is 4.99 Å². The first kappa shape index (κ1) is 22.5. The number of hydrogen-bond donors (Lipinski definition) is 2. The van der Waals surface area contributed by atoms with Crippen molar-refractivity contribution >= 4 is 40.8 Å². The number of alkyl halides is 3. The summed E-state index contributed by atoms with van der Waals surface area (Å²) in [6.07, 6.45) is 0.0350. The molecule has 0 saturated carbocycles. The summed E-state index contributed by atoms with van der Waals surface area (Å²) in [4.78, 5) is 31.6. The van der Waals surface area contributed by atoms with E-state index in [1.165, 1.54) is 6.07 Å². The summed E-state index contributed by atoms with van der Waals surface area (Å²) in [5.74, 6) is 1.39. The van der Waals surface area contributed by atoms with Gasteiger partial charge in [-0.15, -0.1) is 0 Å². The van der Waals surface area contributed by atoms with Crippen molar-refractivity contribution in [2.45, 2.75) is 13.1 Å². The Labute approximate surface area is 198 Å². The van der Waals surface area contributed by atoms with Gasteiger partial charge in [0, 0.05) is 48.4 Å². The zero-order valence-corrected chi connectivity index (χ0v) is 18.8. The number of halogens is 3. The highest BCUT2D eigenvalue weighted by atomic mass is 19.4. The van der Waals surface area contributed by atoms with Gasteiger partial charge in [0.1, 0.15) is 17.3 Å². The molecule has 2 aromatic heterocycles. The van der Waals surface area contributed by atoms with E-state index in [0.717, 1.165) is 46.2 Å². The van der Waals surface area contributed by atoms with Gasteiger partial charge >= 0.3 is 6.18 Å². The number of carbonyl (C=O) groups excluding carboxylic acids is 1. The van der Waals surface area contributed by atoms with E-state index in [1.54, 1.807) is 25.4 Å². The number of rotatable bonds is 4. The highest BCUT2D eigenvalue weighted by Gasteiger charge is 2.33. The highest BCUT2D eigenvalue weighted by molar-refractivity contribution is 6.36. The van der Waals surface area contributed by atoms with Gasteiger partial charge in [-0.25, -0.2) is 4.98 Å². The summed E-state index contributed by atoms with van der Waals surface area (Å²) >= 11 is 0. The number of fused-ring (bicyclic) bond motifs is 3. The van der Waals surface area contributed by atoms with Gasteiger partial charge < -0.3 is 15.5 Å². The van der Waals surface area contributed by atoms with Gasteiger partial charge in [0.25, 0.3) is 5.91 Å². The Bertz CT molecular complexity index is 1400. The summed E-state index contributed by atoms with van der Waals surface area (Å²) in [7, 11) is 1.75. The average molecular weight is 479 g/mol. The van der Waals surface area contributed by atoms with Gasteiger partial charge in [0.05, 0.1) is 6.54 Å². The molecule has 35 heavy (non-hydrogen) atoms. The van der Waals surface area contributed by atoms with Crippen LogP contribution < -0.4 is 15.5 Å². The van der Waals surface area contributed by atoms with E-state index >= 15 is 0 Å². The second-order valence-corrected chi connectivity index (χ2v) is 8.05. The van der Waals surface area contributed by atoms with E-state index < -0.39 is 17.8 Å². The number of amidine groups is 1. The summed E-state index contributed by atoms with van der Waals surface area (Å²) in [5.41, 5.74) is 2.66. The van der Waals surface area contributed by atoms with Gasteiger partial charge in [-0.3, -0.25) is 14.8 Å². The quantitative estimate of drug-likeness (QED) is 0.581. The molecule has 2 aliphatic heterocycles. The van der Waals surface area contributed by atoms with Gasteiger partial charge in [-0.05, 0) is 48.4 Å². The van der Waals surface area contributed by atoms with Crippen LogP contribution in [-0.4, -0.2) is 46.8 Å². The normalized spacial score (nSPS) is 14.6. The number of aromatic nitrogens is 3. The molecule has 3 aromatic rings. The van der Waals surface area contributed by atoms with Crippen molar-refractivity contribution in [3.63, 3.8) is 0 Å². The van der Waals surface area contributed by atoms with Crippen LogP contribution in [0.3, 0.4) is 0 Å². The van der Waals surface area contributed by atoms with Crippen molar-refractivity contribution in [3.05, 3.63) is 70.7 Å². The fourth-order valence-corrected chi connectivity index (χ4v) is 4.04. The lowest BCUT2D eigenvalue weighted by molar-refractivity contribution is -0.141. The second kappa shape index (κ2) is 8.49. The molecule has 2 aliphatic rings. The van der Waals surface area contributed by atoms with Crippen molar-refractivity contribution in [2.75, 3.05) is 35.7 Å². The molecule has 0 unspecified atom stereocenters. The Morgan fingerprint density at radius 2 is 1.97 bits per heavy atom. The maximum atomic E-state index is 13.0. The van der Waals surface area contributed by atoms with Crippen LogP contribution in [0.25, 0.3) is 11.6 Å². The number of aryl methyl sites for hydroxylation is 1. The Morgan fingerprint density at radius 3 is 2.74 bits per heavy atom. The van der Waals surface area contributed by atoms with Crippen LogP contribution in [0.2, 0.25) is 0 Å². The molecule has 11 heteroatoms. The number of benzene rings is 1.